The zero-order chi connectivity index (χ0) is 19.0. The van der Waals surface area contributed by atoms with Gasteiger partial charge < -0.3 is 10.1 Å². The predicted octanol–water partition coefficient (Wildman–Crippen LogP) is 0.659. The molecule has 0 aliphatic heterocycles. The molecule has 26 heavy (non-hydrogen) atoms. The molecule has 3 aromatic rings. The van der Waals surface area contributed by atoms with Gasteiger partial charge >= 0.3 is 11.7 Å². The first-order valence-corrected chi connectivity index (χ1v) is 7.90. The number of methoxy groups -OCH3 is 1. The Morgan fingerprint density at radius 3 is 2.62 bits per heavy atom. The number of imidazole rings is 1. The lowest BCUT2D eigenvalue weighted by atomic mass is 10.2. The van der Waals surface area contributed by atoms with Gasteiger partial charge in [-0.25, -0.2) is 4.79 Å². The van der Waals surface area contributed by atoms with Crippen LogP contribution in [0.3, 0.4) is 0 Å². The number of esters is 1. The van der Waals surface area contributed by atoms with Crippen molar-refractivity contribution in [2.75, 3.05) is 12.4 Å². The standard InChI is InChI=1S/C17H19N5O4/c1-10-6-5-7-11(8-10)18-16-19-14-13(22(16)9-12(23)26-4)15(24)21(3)17(25)20(14)2/h5-8H,9H2,1-4H3,(H,18,19). The molecule has 0 amide bonds. The third kappa shape index (κ3) is 2.87. The topological polar surface area (TPSA) is 100 Å². The summed E-state index contributed by atoms with van der Waals surface area (Å²) in [7, 11) is 4.17. The number of carbonyl (C=O) groups is 1. The monoisotopic (exact) mass is 357 g/mol. The fourth-order valence-corrected chi connectivity index (χ4v) is 2.74. The fourth-order valence-electron chi connectivity index (χ4n) is 2.74. The smallest absolute Gasteiger partial charge is 0.332 e. The molecule has 2 aromatic heterocycles. The molecule has 3 rings (SSSR count). The van der Waals surface area contributed by atoms with E-state index >= 15 is 0 Å². The van der Waals surface area contributed by atoms with Crippen LogP contribution >= 0.6 is 0 Å². The maximum Gasteiger partial charge on any atom is 0.332 e. The largest absolute Gasteiger partial charge is 0.468 e. The van der Waals surface area contributed by atoms with Gasteiger partial charge in [0.25, 0.3) is 5.56 Å². The number of nitrogens with one attached hydrogen (secondary N) is 1. The van der Waals surface area contributed by atoms with Crippen molar-refractivity contribution in [3.63, 3.8) is 0 Å². The highest BCUT2D eigenvalue weighted by molar-refractivity contribution is 5.79. The molecule has 2 heterocycles. The summed E-state index contributed by atoms with van der Waals surface area (Å²) in [4.78, 5) is 41.0. The predicted molar refractivity (Wildman–Crippen MR) is 96.7 cm³/mol. The second-order valence-electron chi connectivity index (χ2n) is 5.97. The summed E-state index contributed by atoms with van der Waals surface area (Å²) in [5.41, 5.74) is 1.10. The number of anilines is 2. The van der Waals surface area contributed by atoms with Crippen LogP contribution in [0.5, 0.6) is 0 Å². The first-order valence-electron chi connectivity index (χ1n) is 7.90. The normalized spacial score (nSPS) is 10.9. The molecule has 0 fully saturated rings. The minimum absolute atomic E-state index is 0.148. The molecule has 1 aromatic carbocycles. The van der Waals surface area contributed by atoms with E-state index in [-0.39, 0.29) is 23.7 Å². The summed E-state index contributed by atoms with van der Waals surface area (Å²) in [6, 6.07) is 7.56. The number of fused-ring (bicyclic) bond motifs is 1. The number of aromatic nitrogens is 4. The number of carbonyl (C=O) groups excluding carboxylic acids is 1. The summed E-state index contributed by atoms with van der Waals surface area (Å²) in [6.45, 7) is 1.73. The third-order valence-corrected chi connectivity index (χ3v) is 4.14. The van der Waals surface area contributed by atoms with Crippen molar-refractivity contribution in [3.05, 3.63) is 50.7 Å². The third-order valence-electron chi connectivity index (χ3n) is 4.14. The average Bonchev–Trinajstić information content (AvgIpc) is 2.96. The van der Waals surface area contributed by atoms with Crippen LogP contribution in [0.1, 0.15) is 5.56 Å². The van der Waals surface area contributed by atoms with Gasteiger partial charge in [0.1, 0.15) is 6.54 Å². The Bertz CT molecular complexity index is 1120. The van der Waals surface area contributed by atoms with Crippen molar-refractivity contribution in [2.45, 2.75) is 13.5 Å². The van der Waals surface area contributed by atoms with Crippen LogP contribution in [0, 0.1) is 6.92 Å². The SMILES string of the molecule is COC(=O)Cn1c(Nc2cccc(C)c2)nc2c1c(=O)n(C)c(=O)n2C. The van der Waals surface area contributed by atoms with E-state index in [9.17, 15) is 14.4 Å². The molecule has 136 valence electrons. The Kier molecular flexibility index (Phi) is 4.37. The van der Waals surface area contributed by atoms with Crippen LogP contribution in [-0.2, 0) is 30.2 Å². The average molecular weight is 357 g/mol. The van der Waals surface area contributed by atoms with Gasteiger partial charge in [0.15, 0.2) is 11.2 Å². The van der Waals surface area contributed by atoms with Crippen LogP contribution in [0.25, 0.3) is 11.2 Å². The van der Waals surface area contributed by atoms with Gasteiger partial charge in [-0.3, -0.25) is 23.3 Å². The Balaban J connectivity index is 2.27. The van der Waals surface area contributed by atoms with Gasteiger partial charge in [-0.05, 0) is 24.6 Å². The molecule has 0 saturated heterocycles. The Labute approximate surface area is 148 Å². The first-order chi connectivity index (χ1) is 12.3. The summed E-state index contributed by atoms with van der Waals surface area (Å²) in [5, 5.41) is 3.11. The summed E-state index contributed by atoms with van der Waals surface area (Å²) in [6.07, 6.45) is 0. The number of hydrogen-bond donors (Lipinski definition) is 1. The Morgan fingerprint density at radius 1 is 1.23 bits per heavy atom. The zero-order valence-corrected chi connectivity index (χ0v) is 14.9. The highest BCUT2D eigenvalue weighted by atomic mass is 16.5. The Morgan fingerprint density at radius 2 is 1.96 bits per heavy atom. The summed E-state index contributed by atoms with van der Waals surface area (Å²) < 4.78 is 8.40. The van der Waals surface area contributed by atoms with Crippen LogP contribution < -0.4 is 16.6 Å². The first kappa shape index (κ1) is 17.5. The van der Waals surface area contributed by atoms with Crippen molar-refractivity contribution in [1.82, 2.24) is 18.7 Å². The van der Waals surface area contributed by atoms with E-state index in [1.54, 1.807) is 0 Å². The van der Waals surface area contributed by atoms with E-state index in [0.29, 0.717) is 0 Å². The molecule has 0 saturated carbocycles. The van der Waals surface area contributed by atoms with Crippen molar-refractivity contribution in [3.8, 4) is 0 Å². The van der Waals surface area contributed by atoms with Gasteiger partial charge in [0, 0.05) is 19.8 Å². The fraction of sp³-hybridized carbons (Fsp3) is 0.294. The number of ether oxygens (including phenoxy) is 1. The number of hydrogen-bond acceptors (Lipinski definition) is 6. The van der Waals surface area contributed by atoms with E-state index in [1.807, 2.05) is 31.2 Å². The molecule has 9 heteroatoms. The zero-order valence-electron chi connectivity index (χ0n) is 14.9. The van der Waals surface area contributed by atoms with E-state index in [0.717, 1.165) is 15.8 Å². The van der Waals surface area contributed by atoms with E-state index in [2.05, 4.69) is 10.3 Å². The quantitative estimate of drug-likeness (QED) is 0.689. The van der Waals surface area contributed by atoms with Crippen molar-refractivity contribution < 1.29 is 9.53 Å². The molecule has 0 bridgehead atoms. The van der Waals surface area contributed by atoms with Crippen LogP contribution in [0.2, 0.25) is 0 Å². The molecular weight excluding hydrogens is 338 g/mol. The molecule has 0 aliphatic rings. The lowest BCUT2D eigenvalue weighted by Gasteiger charge is -2.10. The van der Waals surface area contributed by atoms with Gasteiger partial charge in [-0.1, -0.05) is 12.1 Å². The molecular formula is C17H19N5O4. The highest BCUT2D eigenvalue weighted by Gasteiger charge is 2.21. The molecule has 0 spiro atoms. The van der Waals surface area contributed by atoms with Crippen molar-refractivity contribution in [2.24, 2.45) is 14.1 Å². The number of benzene rings is 1. The van der Waals surface area contributed by atoms with Gasteiger partial charge in [0.05, 0.1) is 7.11 Å². The Hall–Kier alpha value is -3.36. The van der Waals surface area contributed by atoms with Gasteiger partial charge in [-0.15, -0.1) is 0 Å². The maximum atomic E-state index is 12.6. The minimum atomic E-state index is -0.535. The summed E-state index contributed by atoms with van der Waals surface area (Å²) in [5.74, 6) is -0.262. The van der Waals surface area contributed by atoms with E-state index < -0.39 is 17.2 Å². The molecule has 0 radical (unpaired) electrons. The number of rotatable bonds is 4. The second-order valence-corrected chi connectivity index (χ2v) is 5.97. The summed E-state index contributed by atoms with van der Waals surface area (Å²) >= 11 is 0. The van der Waals surface area contributed by atoms with Gasteiger partial charge in [0.2, 0.25) is 5.95 Å². The molecule has 1 N–H and O–H groups in total. The second kappa shape index (κ2) is 6.51. The lowest BCUT2D eigenvalue weighted by Crippen LogP contribution is -2.37. The molecule has 0 atom stereocenters. The van der Waals surface area contributed by atoms with E-state index in [4.69, 9.17) is 4.74 Å². The van der Waals surface area contributed by atoms with Crippen molar-refractivity contribution in [1.29, 1.82) is 0 Å². The molecule has 0 unspecified atom stereocenters. The molecule has 9 nitrogen and oxygen atoms in total. The molecule has 0 aliphatic carbocycles. The van der Waals surface area contributed by atoms with E-state index in [1.165, 1.54) is 30.3 Å². The lowest BCUT2D eigenvalue weighted by molar-refractivity contribution is -0.141. The minimum Gasteiger partial charge on any atom is -0.468 e. The van der Waals surface area contributed by atoms with Crippen LogP contribution in [0.4, 0.5) is 11.6 Å². The van der Waals surface area contributed by atoms with Crippen molar-refractivity contribution >= 4 is 28.8 Å². The number of nitrogens with zero attached hydrogens (tertiary/aromatic N) is 4. The van der Waals surface area contributed by atoms with Gasteiger partial charge in [-0.2, -0.15) is 4.98 Å². The van der Waals surface area contributed by atoms with Crippen LogP contribution in [0.15, 0.2) is 33.9 Å². The maximum absolute atomic E-state index is 12.6. The number of aryl methyl sites for hydroxylation is 2. The highest BCUT2D eigenvalue weighted by Crippen LogP contribution is 2.21. The van der Waals surface area contributed by atoms with Crippen LogP contribution in [-0.4, -0.2) is 31.8 Å².